The predicted molar refractivity (Wildman–Crippen MR) is 78.5 cm³/mol. The van der Waals surface area contributed by atoms with E-state index in [2.05, 4.69) is 13.8 Å². The van der Waals surface area contributed by atoms with E-state index >= 15 is 0 Å². The third-order valence-electron chi connectivity index (χ3n) is 6.86. The van der Waals surface area contributed by atoms with Crippen molar-refractivity contribution in [1.29, 1.82) is 0 Å². The lowest BCUT2D eigenvalue weighted by atomic mass is 9.57. The van der Waals surface area contributed by atoms with Crippen molar-refractivity contribution in [2.45, 2.75) is 78.1 Å². The summed E-state index contributed by atoms with van der Waals surface area (Å²) in [5.74, 6) is 6.67. The maximum Gasteiger partial charge on any atom is -0.0380 e. The fourth-order valence-electron chi connectivity index (χ4n) is 5.57. The molecule has 0 aromatic carbocycles. The first kappa shape index (κ1) is 13.0. The van der Waals surface area contributed by atoms with Gasteiger partial charge in [0.1, 0.15) is 0 Å². The predicted octanol–water partition coefficient (Wildman–Crippen LogP) is 5.67. The summed E-state index contributed by atoms with van der Waals surface area (Å²) in [5.41, 5.74) is 0. The van der Waals surface area contributed by atoms with E-state index in [1.807, 2.05) is 0 Å². The van der Waals surface area contributed by atoms with Crippen LogP contribution in [0.2, 0.25) is 0 Å². The lowest BCUT2D eigenvalue weighted by Gasteiger charge is -2.49. The Kier molecular flexibility index (Phi) is 4.01. The molecule has 18 heavy (non-hydrogen) atoms. The number of hydrogen-bond donors (Lipinski definition) is 0. The van der Waals surface area contributed by atoms with Gasteiger partial charge in [0.25, 0.3) is 0 Å². The second-order valence-electron chi connectivity index (χ2n) is 7.69. The van der Waals surface area contributed by atoms with E-state index in [1.54, 1.807) is 51.4 Å². The minimum Gasteiger partial charge on any atom is -0.0651 e. The molecule has 6 atom stereocenters. The Hall–Kier alpha value is 0. The topological polar surface area (TPSA) is 0 Å². The van der Waals surface area contributed by atoms with Crippen molar-refractivity contribution >= 4 is 0 Å². The molecule has 0 aromatic rings. The number of rotatable bonds is 2. The number of fused-ring (bicyclic) bond motifs is 2. The molecule has 0 heterocycles. The SMILES string of the molecule is CCC1CCC2CC3CCC(CC)CC3CC2C1. The van der Waals surface area contributed by atoms with Crippen molar-refractivity contribution in [3.8, 4) is 0 Å². The van der Waals surface area contributed by atoms with Crippen LogP contribution in [0.4, 0.5) is 0 Å². The van der Waals surface area contributed by atoms with Crippen LogP contribution in [-0.2, 0) is 0 Å². The maximum atomic E-state index is 2.41. The highest BCUT2D eigenvalue weighted by Gasteiger charge is 2.41. The van der Waals surface area contributed by atoms with E-state index in [0.29, 0.717) is 0 Å². The van der Waals surface area contributed by atoms with Crippen molar-refractivity contribution < 1.29 is 0 Å². The fourth-order valence-corrected chi connectivity index (χ4v) is 5.57. The highest BCUT2D eigenvalue weighted by atomic mass is 14.5. The van der Waals surface area contributed by atoms with Crippen LogP contribution >= 0.6 is 0 Å². The Balaban J connectivity index is 1.62. The zero-order chi connectivity index (χ0) is 12.5. The van der Waals surface area contributed by atoms with Crippen molar-refractivity contribution in [2.24, 2.45) is 35.5 Å². The summed E-state index contributed by atoms with van der Waals surface area (Å²) in [4.78, 5) is 0. The summed E-state index contributed by atoms with van der Waals surface area (Å²) in [6.45, 7) is 4.81. The summed E-state index contributed by atoms with van der Waals surface area (Å²) >= 11 is 0. The lowest BCUT2D eigenvalue weighted by Crippen LogP contribution is -2.38. The molecule has 0 N–H and O–H groups in total. The Morgan fingerprint density at radius 2 is 1.00 bits per heavy atom. The van der Waals surface area contributed by atoms with E-state index in [9.17, 15) is 0 Å². The van der Waals surface area contributed by atoms with Crippen LogP contribution in [0.15, 0.2) is 0 Å². The highest BCUT2D eigenvalue weighted by Crippen LogP contribution is 2.52. The zero-order valence-electron chi connectivity index (χ0n) is 12.5. The second-order valence-corrected chi connectivity index (χ2v) is 7.69. The minimum atomic E-state index is 1.08. The van der Waals surface area contributed by atoms with Gasteiger partial charge in [0.2, 0.25) is 0 Å². The molecule has 0 saturated heterocycles. The molecule has 3 saturated carbocycles. The normalized spacial score (nSPS) is 48.3. The van der Waals surface area contributed by atoms with Gasteiger partial charge in [0, 0.05) is 0 Å². The standard InChI is InChI=1S/C18H32/c1-3-13-5-7-15-11-16-8-6-14(4-2)10-18(16)12-17(15)9-13/h13-18H,3-12H2,1-2H3. The van der Waals surface area contributed by atoms with Crippen LogP contribution in [0, 0.1) is 35.5 Å². The average molecular weight is 248 g/mol. The average Bonchev–Trinajstić information content (AvgIpc) is 2.43. The third kappa shape index (κ3) is 2.49. The molecule has 0 heteroatoms. The molecule has 3 aliphatic carbocycles. The van der Waals surface area contributed by atoms with Gasteiger partial charge in [-0.25, -0.2) is 0 Å². The fraction of sp³-hybridized carbons (Fsp3) is 1.00. The quantitative estimate of drug-likeness (QED) is 0.591. The Morgan fingerprint density at radius 1 is 0.556 bits per heavy atom. The first-order valence-corrected chi connectivity index (χ1v) is 8.80. The molecule has 0 aliphatic heterocycles. The summed E-state index contributed by atoms with van der Waals surface area (Å²) in [6, 6.07) is 0. The van der Waals surface area contributed by atoms with Crippen LogP contribution in [0.1, 0.15) is 78.1 Å². The largest absolute Gasteiger partial charge is 0.0651 e. The van der Waals surface area contributed by atoms with Gasteiger partial charge in [-0.2, -0.15) is 0 Å². The molecule has 0 nitrogen and oxygen atoms in total. The van der Waals surface area contributed by atoms with Gasteiger partial charge in [-0.1, -0.05) is 39.5 Å². The minimum absolute atomic E-state index is 1.08. The Labute approximate surface area is 114 Å². The lowest BCUT2D eigenvalue weighted by molar-refractivity contribution is 0.0195. The second kappa shape index (κ2) is 5.55. The van der Waals surface area contributed by atoms with E-state index in [-0.39, 0.29) is 0 Å². The summed E-state index contributed by atoms with van der Waals surface area (Å²) in [6.07, 6.45) is 15.5. The van der Waals surface area contributed by atoms with E-state index < -0.39 is 0 Å². The Morgan fingerprint density at radius 3 is 1.44 bits per heavy atom. The third-order valence-corrected chi connectivity index (χ3v) is 6.86. The molecule has 3 fully saturated rings. The van der Waals surface area contributed by atoms with Gasteiger partial charge in [0.05, 0.1) is 0 Å². The molecule has 0 amide bonds. The van der Waals surface area contributed by atoms with E-state index in [4.69, 9.17) is 0 Å². The molecule has 3 aliphatic rings. The molecule has 104 valence electrons. The maximum absolute atomic E-state index is 2.41. The molecule has 3 rings (SSSR count). The molecule has 0 bridgehead atoms. The molecule has 0 aromatic heterocycles. The van der Waals surface area contributed by atoms with E-state index in [0.717, 1.165) is 35.5 Å². The van der Waals surface area contributed by atoms with Gasteiger partial charge >= 0.3 is 0 Å². The highest BCUT2D eigenvalue weighted by molar-refractivity contribution is 4.92. The van der Waals surface area contributed by atoms with Gasteiger partial charge < -0.3 is 0 Å². The zero-order valence-corrected chi connectivity index (χ0v) is 12.5. The van der Waals surface area contributed by atoms with Crippen molar-refractivity contribution in [3.63, 3.8) is 0 Å². The first-order valence-electron chi connectivity index (χ1n) is 8.80. The van der Waals surface area contributed by atoms with Gasteiger partial charge in [-0.3, -0.25) is 0 Å². The van der Waals surface area contributed by atoms with E-state index in [1.165, 1.54) is 12.8 Å². The van der Waals surface area contributed by atoms with Crippen LogP contribution in [0.5, 0.6) is 0 Å². The monoisotopic (exact) mass is 248 g/mol. The van der Waals surface area contributed by atoms with Crippen LogP contribution in [-0.4, -0.2) is 0 Å². The van der Waals surface area contributed by atoms with Crippen LogP contribution < -0.4 is 0 Å². The molecule has 0 radical (unpaired) electrons. The molecule has 6 unspecified atom stereocenters. The van der Waals surface area contributed by atoms with Crippen LogP contribution in [0.25, 0.3) is 0 Å². The van der Waals surface area contributed by atoms with Gasteiger partial charge in [-0.15, -0.1) is 0 Å². The summed E-state index contributed by atoms with van der Waals surface area (Å²) in [5, 5.41) is 0. The van der Waals surface area contributed by atoms with Gasteiger partial charge in [-0.05, 0) is 74.0 Å². The summed E-state index contributed by atoms with van der Waals surface area (Å²) in [7, 11) is 0. The van der Waals surface area contributed by atoms with Gasteiger partial charge in [0.15, 0.2) is 0 Å². The Bertz CT molecular complexity index is 243. The van der Waals surface area contributed by atoms with Crippen molar-refractivity contribution in [1.82, 2.24) is 0 Å². The smallest absolute Gasteiger partial charge is 0.0380 e. The number of hydrogen-bond acceptors (Lipinski definition) is 0. The molecular weight excluding hydrogens is 216 g/mol. The summed E-state index contributed by atoms with van der Waals surface area (Å²) < 4.78 is 0. The first-order chi connectivity index (χ1) is 8.80. The van der Waals surface area contributed by atoms with Crippen LogP contribution in [0.3, 0.4) is 0 Å². The van der Waals surface area contributed by atoms with Crippen molar-refractivity contribution in [2.75, 3.05) is 0 Å². The van der Waals surface area contributed by atoms with Crippen molar-refractivity contribution in [3.05, 3.63) is 0 Å². The molecular formula is C18H32. The molecule has 0 spiro atoms.